The highest BCUT2D eigenvalue weighted by Crippen LogP contribution is 2.44. The predicted molar refractivity (Wildman–Crippen MR) is 97.1 cm³/mol. The maximum absolute atomic E-state index is 12.1. The Balaban J connectivity index is 1.73. The molecule has 0 spiro atoms. The van der Waals surface area contributed by atoms with Gasteiger partial charge in [-0.3, -0.25) is 0 Å². The molecular formula is C21H23NO2. The molecule has 3 rings (SSSR count). The fourth-order valence-corrected chi connectivity index (χ4v) is 3.31. The highest BCUT2D eigenvalue weighted by Gasteiger charge is 2.29. The fraction of sp³-hybridized carbons (Fsp3) is 0.286. The molecule has 0 aromatic heterocycles. The van der Waals surface area contributed by atoms with Gasteiger partial charge in [0.15, 0.2) is 0 Å². The van der Waals surface area contributed by atoms with E-state index in [9.17, 15) is 4.79 Å². The third-order valence-corrected chi connectivity index (χ3v) is 4.51. The summed E-state index contributed by atoms with van der Waals surface area (Å²) in [6.45, 7) is 4.34. The van der Waals surface area contributed by atoms with Crippen LogP contribution in [0, 0.1) is 0 Å². The molecule has 0 unspecified atom stereocenters. The van der Waals surface area contributed by atoms with E-state index < -0.39 is 0 Å². The normalized spacial score (nSPS) is 14.2. The van der Waals surface area contributed by atoms with Crippen molar-refractivity contribution in [3.05, 3.63) is 71.8 Å². The van der Waals surface area contributed by atoms with Crippen molar-refractivity contribution in [2.75, 3.05) is 6.61 Å². The van der Waals surface area contributed by atoms with Gasteiger partial charge in [-0.25, -0.2) is 4.79 Å². The molecule has 3 nitrogen and oxygen atoms in total. The summed E-state index contributed by atoms with van der Waals surface area (Å²) in [6.07, 6.45) is 4.40. The van der Waals surface area contributed by atoms with Crippen LogP contribution >= 0.6 is 0 Å². The Hall–Kier alpha value is -2.55. The van der Waals surface area contributed by atoms with Crippen LogP contribution in [-0.2, 0) is 4.74 Å². The summed E-state index contributed by atoms with van der Waals surface area (Å²) in [6, 6.07) is 16.7. The molecule has 0 saturated carbocycles. The number of allylic oxidation sites excluding steroid dienone is 1. The van der Waals surface area contributed by atoms with E-state index in [-0.39, 0.29) is 18.1 Å². The second kappa shape index (κ2) is 7.35. The minimum atomic E-state index is -0.359. The summed E-state index contributed by atoms with van der Waals surface area (Å²) < 4.78 is 5.53. The lowest BCUT2D eigenvalue weighted by Crippen LogP contribution is -2.34. The van der Waals surface area contributed by atoms with Crippen molar-refractivity contribution in [2.45, 2.75) is 32.2 Å². The lowest BCUT2D eigenvalue weighted by Gasteiger charge is -2.17. The number of rotatable bonds is 5. The standard InChI is InChI=1S/C21H23NO2/c1-3-9-15(4-2)22-21(23)24-14-20-18-12-7-5-10-16(18)17-11-6-8-13-19(17)20/h3,5-13,15,20H,4,14H2,1-2H3,(H,22,23)/b9-3+/t15-/m1/s1. The zero-order chi connectivity index (χ0) is 16.9. The van der Waals surface area contributed by atoms with E-state index in [1.54, 1.807) is 0 Å². The minimum Gasteiger partial charge on any atom is -0.449 e. The molecule has 3 heteroatoms. The van der Waals surface area contributed by atoms with Crippen molar-refractivity contribution >= 4 is 6.09 Å². The summed E-state index contributed by atoms with van der Waals surface area (Å²) in [7, 11) is 0. The molecule has 1 amide bonds. The molecule has 2 aromatic carbocycles. The monoisotopic (exact) mass is 321 g/mol. The Morgan fingerprint density at radius 1 is 1.12 bits per heavy atom. The van der Waals surface area contributed by atoms with Gasteiger partial charge < -0.3 is 10.1 Å². The second-order valence-electron chi connectivity index (χ2n) is 6.01. The molecule has 2 aromatic rings. The van der Waals surface area contributed by atoms with Crippen LogP contribution in [0.2, 0.25) is 0 Å². The molecule has 0 radical (unpaired) electrons. The van der Waals surface area contributed by atoms with E-state index in [0.29, 0.717) is 6.61 Å². The zero-order valence-electron chi connectivity index (χ0n) is 14.2. The van der Waals surface area contributed by atoms with Gasteiger partial charge in [0.25, 0.3) is 0 Å². The van der Waals surface area contributed by atoms with Crippen molar-refractivity contribution in [1.29, 1.82) is 0 Å². The topological polar surface area (TPSA) is 38.3 Å². The Labute approximate surface area is 143 Å². The lowest BCUT2D eigenvalue weighted by atomic mass is 9.98. The van der Waals surface area contributed by atoms with Crippen LogP contribution in [-0.4, -0.2) is 18.7 Å². The SMILES string of the molecule is C/C=C/[C@@H](CC)NC(=O)OCC1c2ccccc2-c2ccccc21. The van der Waals surface area contributed by atoms with E-state index in [1.165, 1.54) is 22.3 Å². The van der Waals surface area contributed by atoms with Gasteiger partial charge in [-0.2, -0.15) is 0 Å². The first-order valence-electron chi connectivity index (χ1n) is 8.49. The van der Waals surface area contributed by atoms with Crippen molar-refractivity contribution < 1.29 is 9.53 Å². The Kier molecular flexibility index (Phi) is 4.99. The molecule has 124 valence electrons. The van der Waals surface area contributed by atoms with E-state index in [2.05, 4.69) is 41.7 Å². The third-order valence-electron chi connectivity index (χ3n) is 4.51. The van der Waals surface area contributed by atoms with Gasteiger partial charge in [-0.1, -0.05) is 67.6 Å². The molecule has 1 aliphatic carbocycles. The van der Waals surface area contributed by atoms with Crippen LogP contribution in [0.5, 0.6) is 0 Å². The Bertz CT molecular complexity index is 706. The number of nitrogens with one attached hydrogen (secondary N) is 1. The summed E-state index contributed by atoms with van der Waals surface area (Å²) in [4.78, 5) is 12.1. The highest BCUT2D eigenvalue weighted by molar-refractivity contribution is 5.79. The van der Waals surface area contributed by atoms with Gasteiger partial charge in [-0.15, -0.1) is 0 Å². The first kappa shape index (κ1) is 16.3. The Morgan fingerprint density at radius 2 is 1.71 bits per heavy atom. The first-order chi connectivity index (χ1) is 11.7. The molecule has 24 heavy (non-hydrogen) atoms. The molecule has 1 N–H and O–H groups in total. The summed E-state index contributed by atoms with van der Waals surface area (Å²) >= 11 is 0. The maximum Gasteiger partial charge on any atom is 0.407 e. The van der Waals surface area contributed by atoms with Crippen LogP contribution in [0.4, 0.5) is 4.79 Å². The van der Waals surface area contributed by atoms with Crippen LogP contribution in [0.15, 0.2) is 60.7 Å². The number of ether oxygens (including phenoxy) is 1. The summed E-state index contributed by atoms with van der Waals surface area (Å²) in [5.41, 5.74) is 4.93. The van der Waals surface area contributed by atoms with Gasteiger partial charge in [0.2, 0.25) is 0 Å². The van der Waals surface area contributed by atoms with Crippen molar-refractivity contribution in [3.63, 3.8) is 0 Å². The van der Waals surface area contributed by atoms with Gasteiger partial charge in [0, 0.05) is 5.92 Å². The first-order valence-corrected chi connectivity index (χ1v) is 8.49. The summed E-state index contributed by atoms with van der Waals surface area (Å²) in [5.74, 6) is 0.102. The smallest absolute Gasteiger partial charge is 0.407 e. The highest BCUT2D eigenvalue weighted by atomic mass is 16.5. The largest absolute Gasteiger partial charge is 0.449 e. The average Bonchev–Trinajstić information content (AvgIpc) is 2.93. The predicted octanol–water partition coefficient (Wildman–Crippen LogP) is 4.88. The fourth-order valence-electron chi connectivity index (χ4n) is 3.31. The van der Waals surface area contributed by atoms with Crippen molar-refractivity contribution in [1.82, 2.24) is 5.32 Å². The second-order valence-corrected chi connectivity index (χ2v) is 6.01. The molecular weight excluding hydrogens is 298 g/mol. The molecule has 0 fully saturated rings. The number of alkyl carbamates (subject to hydrolysis) is 1. The Morgan fingerprint density at radius 3 is 2.25 bits per heavy atom. The average molecular weight is 321 g/mol. The number of benzene rings is 2. The summed E-state index contributed by atoms with van der Waals surface area (Å²) in [5, 5.41) is 2.89. The van der Waals surface area contributed by atoms with E-state index in [0.717, 1.165) is 6.42 Å². The number of fused-ring (bicyclic) bond motifs is 3. The minimum absolute atomic E-state index is 0.0191. The van der Waals surface area contributed by atoms with Crippen LogP contribution in [0.3, 0.4) is 0 Å². The quantitative estimate of drug-likeness (QED) is 0.797. The van der Waals surface area contributed by atoms with Gasteiger partial charge in [-0.05, 0) is 35.6 Å². The van der Waals surface area contributed by atoms with Gasteiger partial charge in [0.05, 0.1) is 6.04 Å². The van der Waals surface area contributed by atoms with Gasteiger partial charge in [0.1, 0.15) is 6.61 Å². The van der Waals surface area contributed by atoms with Crippen LogP contribution < -0.4 is 5.32 Å². The van der Waals surface area contributed by atoms with E-state index in [4.69, 9.17) is 4.74 Å². The van der Waals surface area contributed by atoms with E-state index >= 15 is 0 Å². The number of amides is 1. The van der Waals surface area contributed by atoms with E-state index in [1.807, 2.05) is 38.1 Å². The molecule has 1 aliphatic rings. The van der Waals surface area contributed by atoms with Gasteiger partial charge >= 0.3 is 6.09 Å². The third kappa shape index (κ3) is 3.21. The van der Waals surface area contributed by atoms with Crippen LogP contribution in [0.25, 0.3) is 11.1 Å². The molecule has 0 aliphatic heterocycles. The molecule has 1 atom stereocenters. The number of carbonyl (C=O) groups excluding carboxylic acids is 1. The van der Waals surface area contributed by atoms with Crippen molar-refractivity contribution in [2.24, 2.45) is 0 Å². The number of hydrogen-bond acceptors (Lipinski definition) is 2. The zero-order valence-corrected chi connectivity index (χ0v) is 14.2. The van der Waals surface area contributed by atoms with Crippen molar-refractivity contribution in [3.8, 4) is 11.1 Å². The van der Waals surface area contributed by atoms with Crippen LogP contribution in [0.1, 0.15) is 37.3 Å². The molecule has 0 saturated heterocycles. The molecule has 0 heterocycles. The lowest BCUT2D eigenvalue weighted by molar-refractivity contribution is 0.140. The number of carbonyl (C=O) groups is 1. The molecule has 0 bridgehead atoms. The maximum atomic E-state index is 12.1. The number of hydrogen-bond donors (Lipinski definition) is 1.